The monoisotopic (exact) mass is 523 g/mol. The second-order valence-electron chi connectivity index (χ2n) is 9.37. The van der Waals surface area contributed by atoms with Crippen LogP contribution in [0.5, 0.6) is 5.75 Å². The van der Waals surface area contributed by atoms with Crippen LogP contribution < -0.4 is 10.4 Å². The Labute approximate surface area is 221 Å². The molecular weight excluding hydrogens is 493 g/mol. The van der Waals surface area contributed by atoms with Gasteiger partial charge in [-0.1, -0.05) is 24.3 Å². The number of nitrogens with zero attached hydrogens (tertiary/aromatic N) is 3. The molecule has 5 rings (SSSR count). The van der Waals surface area contributed by atoms with Crippen molar-refractivity contribution in [2.75, 3.05) is 26.7 Å². The fourth-order valence-corrected chi connectivity index (χ4v) is 5.24. The van der Waals surface area contributed by atoms with Gasteiger partial charge in [0.15, 0.2) is 5.78 Å². The lowest BCUT2D eigenvalue weighted by Crippen LogP contribution is -2.39. The molecule has 1 aliphatic rings. The molecule has 0 amide bonds. The van der Waals surface area contributed by atoms with Gasteiger partial charge >= 0.3 is 5.69 Å². The molecule has 0 N–H and O–H groups in total. The van der Waals surface area contributed by atoms with E-state index in [1.165, 1.54) is 12.1 Å². The molecule has 1 fully saturated rings. The van der Waals surface area contributed by atoms with Gasteiger partial charge in [0.2, 0.25) is 0 Å². The number of likely N-dealkylation sites (tertiary alicyclic amines) is 1. The van der Waals surface area contributed by atoms with Gasteiger partial charge < -0.3 is 9.64 Å². The molecule has 3 aromatic carbocycles. The molecule has 1 aromatic heterocycles. The average molecular weight is 524 g/mol. The van der Waals surface area contributed by atoms with E-state index >= 15 is 0 Å². The molecule has 0 aliphatic carbocycles. The number of rotatable bonds is 7. The second-order valence-corrected chi connectivity index (χ2v) is 9.37. The number of halogens is 2. The number of para-hydroxylation sites is 3. The summed E-state index contributed by atoms with van der Waals surface area (Å²) in [5.41, 5.74) is 4.01. The SMILES string of the molecule is COc1ccccc1-n1c(=O)n(CCN2CCC(C(=O)c3ccc(F)cc3)CC2)c2cccc(C)c21.Cl. The molecule has 0 unspecified atom stereocenters. The van der Waals surface area contributed by atoms with Crippen LogP contribution >= 0.6 is 12.4 Å². The summed E-state index contributed by atoms with van der Waals surface area (Å²) >= 11 is 0. The number of ketones is 1. The number of methoxy groups -OCH3 is 1. The van der Waals surface area contributed by atoms with Crippen LogP contribution in [0.25, 0.3) is 16.7 Å². The first-order valence-corrected chi connectivity index (χ1v) is 12.3. The Balaban J connectivity index is 0.00000320. The van der Waals surface area contributed by atoms with Crippen LogP contribution in [-0.4, -0.2) is 46.6 Å². The van der Waals surface area contributed by atoms with Gasteiger partial charge in [0, 0.05) is 24.6 Å². The molecule has 0 radical (unpaired) electrons. The molecule has 2 heterocycles. The molecular formula is C29H31ClFN3O3. The highest BCUT2D eigenvalue weighted by atomic mass is 35.5. The van der Waals surface area contributed by atoms with Crippen molar-refractivity contribution < 1.29 is 13.9 Å². The smallest absolute Gasteiger partial charge is 0.333 e. The van der Waals surface area contributed by atoms with E-state index in [0.717, 1.165) is 54.8 Å². The molecule has 194 valence electrons. The largest absolute Gasteiger partial charge is 0.495 e. The van der Waals surface area contributed by atoms with Gasteiger partial charge in [-0.2, -0.15) is 0 Å². The lowest BCUT2D eigenvalue weighted by Gasteiger charge is -2.31. The van der Waals surface area contributed by atoms with Crippen molar-refractivity contribution in [3.63, 3.8) is 0 Å². The number of benzene rings is 3. The summed E-state index contributed by atoms with van der Waals surface area (Å²) in [7, 11) is 1.61. The van der Waals surface area contributed by atoms with Crippen LogP contribution in [-0.2, 0) is 6.54 Å². The van der Waals surface area contributed by atoms with Crippen LogP contribution in [0.15, 0.2) is 71.5 Å². The van der Waals surface area contributed by atoms with Gasteiger partial charge in [-0.15, -0.1) is 12.4 Å². The summed E-state index contributed by atoms with van der Waals surface area (Å²) in [5, 5.41) is 0. The van der Waals surface area contributed by atoms with E-state index < -0.39 is 0 Å². The fraction of sp³-hybridized carbons (Fsp3) is 0.310. The van der Waals surface area contributed by atoms with Crippen molar-refractivity contribution in [3.8, 4) is 11.4 Å². The third-order valence-corrected chi connectivity index (χ3v) is 7.21. The van der Waals surface area contributed by atoms with E-state index in [0.29, 0.717) is 17.9 Å². The molecule has 0 bridgehead atoms. The number of carbonyl (C=O) groups is 1. The minimum absolute atomic E-state index is 0. The predicted molar refractivity (Wildman–Crippen MR) is 146 cm³/mol. The average Bonchev–Trinajstić information content (AvgIpc) is 3.19. The zero-order chi connectivity index (χ0) is 25.2. The zero-order valence-corrected chi connectivity index (χ0v) is 21.8. The van der Waals surface area contributed by atoms with Crippen molar-refractivity contribution >= 4 is 29.2 Å². The number of imidazole rings is 1. The molecule has 0 atom stereocenters. The lowest BCUT2D eigenvalue weighted by molar-refractivity contribution is 0.0837. The molecule has 6 nitrogen and oxygen atoms in total. The van der Waals surface area contributed by atoms with E-state index in [1.54, 1.807) is 23.8 Å². The van der Waals surface area contributed by atoms with E-state index in [4.69, 9.17) is 4.74 Å². The van der Waals surface area contributed by atoms with E-state index in [-0.39, 0.29) is 35.6 Å². The normalized spacial score (nSPS) is 14.5. The highest BCUT2D eigenvalue weighted by molar-refractivity contribution is 5.97. The highest BCUT2D eigenvalue weighted by Crippen LogP contribution is 2.27. The van der Waals surface area contributed by atoms with Crippen molar-refractivity contribution in [2.45, 2.75) is 26.3 Å². The Morgan fingerprint density at radius 3 is 2.38 bits per heavy atom. The number of hydrogen-bond donors (Lipinski definition) is 0. The predicted octanol–water partition coefficient (Wildman–Crippen LogP) is 5.27. The van der Waals surface area contributed by atoms with Gasteiger partial charge in [0.25, 0.3) is 0 Å². The Hall–Kier alpha value is -3.42. The minimum Gasteiger partial charge on any atom is -0.495 e. The summed E-state index contributed by atoms with van der Waals surface area (Å²) in [6, 6.07) is 19.3. The van der Waals surface area contributed by atoms with E-state index in [2.05, 4.69) is 4.90 Å². The van der Waals surface area contributed by atoms with Crippen LogP contribution in [0, 0.1) is 18.7 Å². The number of aromatic nitrogens is 2. The van der Waals surface area contributed by atoms with Crippen LogP contribution in [0.3, 0.4) is 0 Å². The lowest BCUT2D eigenvalue weighted by atomic mass is 9.89. The highest BCUT2D eigenvalue weighted by Gasteiger charge is 2.26. The van der Waals surface area contributed by atoms with E-state index in [1.807, 2.05) is 54.0 Å². The zero-order valence-electron chi connectivity index (χ0n) is 21.0. The van der Waals surface area contributed by atoms with Gasteiger partial charge in [-0.25, -0.2) is 9.18 Å². The number of ether oxygens (including phenoxy) is 1. The Bertz CT molecular complexity index is 1450. The minimum atomic E-state index is -0.334. The maximum Gasteiger partial charge on any atom is 0.333 e. The third kappa shape index (κ3) is 5.20. The Kier molecular flexibility index (Phi) is 8.15. The summed E-state index contributed by atoms with van der Waals surface area (Å²) in [5.74, 6) is 0.347. The van der Waals surface area contributed by atoms with Gasteiger partial charge in [-0.3, -0.25) is 13.9 Å². The van der Waals surface area contributed by atoms with Gasteiger partial charge in [-0.05, 0) is 80.9 Å². The van der Waals surface area contributed by atoms with Crippen LogP contribution in [0.2, 0.25) is 0 Å². The summed E-state index contributed by atoms with van der Waals surface area (Å²) < 4.78 is 22.3. The number of carbonyl (C=O) groups excluding carboxylic acids is 1. The first kappa shape index (κ1) is 26.6. The van der Waals surface area contributed by atoms with Crippen LogP contribution in [0.1, 0.15) is 28.8 Å². The van der Waals surface area contributed by atoms with Crippen molar-refractivity contribution in [1.29, 1.82) is 0 Å². The molecule has 4 aromatic rings. The number of aryl methyl sites for hydroxylation is 1. The number of fused-ring (bicyclic) bond motifs is 1. The first-order valence-electron chi connectivity index (χ1n) is 12.3. The number of piperidine rings is 1. The van der Waals surface area contributed by atoms with Crippen molar-refractivity contribution in [3.05, 3.63) is 94.2 Å². The van der Waals surface area contributed by atoms with Gasteiger partial charge in [0.1, 0.15) is 11.6 Å². The molecule has 0 saturated carbocycles. The molecule has 8 heteroatoms. The Morgan fingerprint density at radius 1 is 0.973 bits per heavy atom. The molecule has 1 aliphatic heterocycles. The third-order valence-electron chi connectivity index (χ3n) is 7.21. The molecule has 1 saturated heterocycles. The van der Waals surface area contributed by atoms with Crippen molar-refractivity contribution in [2.24, 2.45) is 5.92 Å². The summed E-state index contributed by atoms with van der Waals surface area (Å²) in [6.07, 6.45) is 1.51. The molecule has 0 spiro atoms. The molecule has 37 heavy (non-hydrogen) atoms. The fourth-order valence-electron chi connectivity index (χ4n) is 5.24. The maximum absolute atomic E-state index is 13.7. The standard InChI is InChI=1S/C29H30FN3O3.ClH/c1-20-6-5-8-25-27(20)33(24-7-3-4-9-26(24)36-2)29(35)32(25)19-18-31-16-14-22(15-17-31)28(34)21-10-12-23(30)13-11-21;/h3-13,22H,14-19H2,1-2H3;1H. The number of hydrogen-bond acceptors (Lipinski definition) is 4. The summed E-state index contributed by atoms with van der Waals surface area (Å²) in [6.45, 7) is 4.86. The quantitative estimate of drug-likeness (QED) is 0.310. The van der Waals surface area contributed by atoms with Gasteiger partial charge in [0.05, 0.1) is 23.8 Å². The van der Waals surface area contributed by atoms with Crippen molar-refractivity contribution in [1.82, 2.24) is 14.0 Å². The van der Waals surface area contributed by atoms with E-state index in [9.17, 15) is 14.0 Å². The number of Topliss-reactive ketones (excluding diaryl/α,β-unsaturated/α-hetero) is 1. The maximum atomic E-state index is 13.7. The Morgan fingerprint density at radius 2 is 1.68 bits per heavy atom. The second kappa shape index (κ2) is 11.3. The summed E-state index contributed by atoms with van der Waals surface area (Å²) in [4.78, 5) is 28.8. The topological polar surface area (TPSA) is 56.5 Å². The van der Waals surface area contributed by atoms with Crippen LogP contribution in [0.4, 0.5) is 4.39 Å². The first-order chi connectivity index (χ1) is 17.5.